The van der Waals surface area contributed by atoms with Gasteiger partial charge in [-0.05, 0) is 12.8 Å². The number of nitrogens with zero attached hydrogens (tertiary/aromatic N) is 1. The maximum Gasteiger partial charge on any atom is 0.230 e. The van der Waals surface area contributed by atoms with Gasteiger partial charge in [-0.2, -0.15) is 0 Å². The zero-order valence-electron chi connectivity index (χ0n) is 7.61. The first kappa shape index (κ1) is 8.97. The van der Waals surface area contributed by atoms with Crippen LogP contribution in [-0.2, 0) is 9.53 Å². The highest BCUT2D eigenvalue weighted by Gasteiger charge is 2.35. The molecule has 0 aliphatic carbocycles. The van der Waals surface area contributed by atoms with Crippen LogP contribution in [0.25, 0.3) is 0 Å². The topological polar surface area (TPSA) is 49.8 Å². The molecule has 1 unspecified atom stereocenters. The Morgan fingerprint density at radius 2 is 2.31 bits per heavy atom. The van der Waals surface area contributed by atoms with Crippen molar-refractivity contribution in [2.24, 2.45) is 5.92 Å². The molecule has 0 aromatic carbocycles. The number of aliphatic hydroxyl groups is 1. The predicted molar refractivity (Wildman–Crippen MR) is 46.1 cm³/mol. The van der Waals surface area contributed by atoms with Gasteiger partial charge in [0, 0.05) is 6.54 Å². The Morgan fingerprint density at radius 3 is 2.85 bits per heavy atom. The highest BCUT2D eigenvalue weighted by atomic mass is 16.5. The van der Waals surface area contributed by atoms with Crippen LogP contribution in [-0.4, -0.2) is 48.3 Å². The molecule has 2 fully saturated rings. The van der Waals surface area contributed by atoms with Crippen molar-refractivity contribution in [1.82, 2.24) is 4.90 Å². The van der Waals surface area contributed by atoms with E-state index in [4.69, 9.17) is 9.84 Å². The van der Waals surface area contributed by atoms with E-state index in [-0.39, 0.29) is 24.5 Å². The first-order chi connectivity index (χ1) is 6.33. The third kappa shape index (κ3) is 1.56. The van der Waals surface area contributed by atoms with Crippen LogP contribution in [0.5, 0.6) is 0 Å². The lowest BCUT2D eigenvalue weighted by Crippen LogP contribution is -2.47. The summed E-state index contributed by atoms with van der Waals surface area (Å²) in [5.41, 5.74) is 0. The van der Waals surface area contributed by atoms with Crippen LogP contribution in [0.4, 0.5) is 0 Å². The summed E-state index contributed by atoms with van der Waals surface area (Å²) in [6.45, 7) is 2.03. The molecule has 1 N–H and O–H groups in total. The van der Waals surface area contributed by atoms with E-state index >= 15 is 0 Å². The molecule has 0 spiro atoms. The zero-order valence-corrected chi connectivity index (χ0v) is 7.61. The third-order valence-corrected chi connectivity index (χ3v) is 2.86. The number of hydrogen-bond acceptors (Lipinski definition) is 3. The predicted octanol–water partition coefficient (Wildman–Crippen LogP) is -0.384. The second-order valence-corrected chi connectivity index (χ2v) is 3.74. The van der Waals surface area contributed by atoms with Gasteiger partial charge in [0.2, 0.25) is 5.91 Å². The molecule has 2 aliphatic heterocycles. The molecule has 4 nitrogen and oxygen atoms in total. The molecule has 2 saturated heterocycles. The molecule has 13 heavy (non-hydrogen) atoms. The maximum atomic E-state index is 11.7. The summed E-state index contributed by atoms with van der Waals surface area (Å²) in [5.74, 6) is 0.231. The lowest BCUT2D eigenvalue weighted by atomic mass is 10.1. The molecule has 1 atom stereocenters. The van der Waals surface area contributed by atoms with Gasteiger partial charge in [-0.3, -0.25) is 4.79 Å². The van der Waals surface area contributed by atoms with Crippen LogP contribution >= 0.6 is 0 Å². The van der Waals surface area contributed by atoms with E-state index in [2.05, 4.69) is 0 Å². The van der Waals surface area contributed by atoms with Crippen LogP contribution < -0.4 is 0 Å². The smallest absolute Gasteiger partial charge is 0.230 e. The second-order valence-electron chi connectivity index (χ2n) is 3.74. The Balaban J connectivity index is 1.94. The van der Waals surface area contributed by atoms with Crippen molar-refractivity contribution in [2.75, 3.05) is 26.4 Å². The minimum absolute atomic E-state index is 0.0622. The molecule has 2 aliphatic rings. The van der Waals surface area contributed by atoms with E-state index in [1.807, 2.05) is 4.90 Å². The molecular weight excluding hydrogens is 170 g/mol. The van der Waals surface area contributed by atoms with Crippen molar-refractivity contribution >= 4 is 5.91 Å². The Labute approximate surface area is 77.5 Å². The molecule has 0 radical (unpaired) electrons. The van der Waals surface area contributed by atoms with Gasteiger partial charge in [0.05, 0.1) is 31.8 Å². The number of carbonyl (C=O) groups is 1. The van der Waals surface area contributed by atoms with Gasteiger partial charge < -0.3 is 14.7 Å². The molecule has 74 valence electrons. The van der Waals surface area contributed by atoms with Crippen molar-refractivity contribution in [1.29, 1.82) is 0 Å². The average Bonchev–Trinajstić information content (AvgIpc) is 2.47. The molecule has 4 heteroatoms. The summed E-state index contributed by atoms with van der Waals surface area (Å²) in [7, 11) is 0. The fraction of sp³-hybridized carbons (Fsp3) is 0.889. The number of ether oxygens (including phenoxy) is 1. The van der Waals surface area contributed by atoms with Crippen LogP contribution in [0.2, 0.25) is 0 Å². The summed E-state index contributed by atoms with van der Waals surface area (Å²) < 4.78 is 4.97. The van der Waals surface area contributed by atoms with Gasteiger partial charge in [-0.1, -0.05) is 0 Å². The normalized spacial score (nSPS) is 29.0. The number of rotatable bonds is 2. The number of likely N-dealkylation sites (tertiary alicyclic amines) is 1. The number of aliphatic hydroxyl groups excluding tert-OH is 1. The number of amides is 1. The maximum absolute atomic E-state index is 11.7. The lowest BCUT2D eigenvalue weighted by molar-refractivity contribution is -0.151. The molecule has 2 rings (SSSR count). The fourth-order valence-electron chi connectivity index (χ4n) is 1.93. The van der Waals surface area contributed by atoms with Crippen LogP contribution in [0, 0.1) is 5.92 Å². The molecule has 1 amide bonds. The lowest BCUT2D eigenvalue weighted by Gasteiger charge is -2.32. The monoisotopic (exact) mass is 185 g/mol. The minimum atomic E-state index is 0.0622. The van der Waals surface area contributed by atoms with Gasteiger partial charge in [0.1, 0.15) is 0 Å². The average molecular weight is 185 g/mol. The molecule has 0 bridgehead atoms. The van der Waals surface area contributed by atoms with E-state index in [1.54, 1.807) is 0 Å². The third-order valence-electron chi connectivity index (χ3n) is 2.86. The summed E-state index contributed by atoms with van der Waals surface area (Å²) in [6, 6.07) is 0.0631. The molecule has 0 aromatic heterocycles. The Morgan fingerprint density at radius 1 is 1.54 bits per heavy atom. The minimum Gasteiger partial charge on any atom is -0.394 e. The summed E-state index contributed by atoms with van der Waals surface area (Å²) in [5, 5.41) is 9.03. The second kappa shape index (κ2) is 3.64. The van der Waals surface area contributed by atoms with E-state index in [0.29, 0.717) is 13.2 Å². The SMILES string of the molecule is O=C(C1COC1)N1CCCC1CO. The van der Waals surface area contributed by atoms with E-state index < -0.39 is 0 Å². The van der Waals surface area contributed by atoms with Crippen molar-refractivity contribution in [3.63, 3.8) is 0 Å². The quantitative estimate of drug-likeness (QED) is 0.637. The number of carbonyl (C=O) groups excluding carboxylic acids is 1. The van der Waals surface area contributed by atoms with E-state index in [1.165, 1.54) is 0 Å². The van der Waals surface area contributed by atoms with Crippen LogP contribution in [0.3, 0.4) is 0 Å². The summed E-state index contributed by atoms with van der Waals surface area (Å²) in [4.78, 5) is 13.5. The zero-order chi connectivity index (χ0) is 9.26. The fourth-order valence-corrected chi connectivity index (χ4v) is 1.93. The molecular formula is C9H15NO3. The van der Waals surface area contributed by atoms with Gasteiger partial charge in [-0.25, -0.2) is 0 Å². The Bertz CT molecular complexity index is 203. The highest BCUT2D eigenvalue weighted by Crippen LogP contribution is 2.22. The first-order valence-corrected chi connectivity index (χ1v) is 4.82. The Kier molecular flexibility index (Phi) is 2.51. The van der Waals surface area contributed by atoms with Crippen molar-refractivity contribution in [3.8, 4) is 0 Å². The number of hydrogen-bond donors (Lipinski definition) is 1. The van der Waals surface area contributed by atoms with Crippen LogP contribution in [0.15, 0.2) is 0 Å². The summed E-state index contributed by atoms with van der Waals surface area (Å²) in [6.07, 6.45) is 1.96. The van der Waals surface area contributed by atoms with Crippen molar-refractivity contribution in [3.05, 3.63) is 0 Å². The van der Waals surface area contributed by atoms with E-state index in [9.17, 15) is 4.79 Å². The molecule has 0 saturated carbocycles. The molecule has 0 aromatic rings. The van der Waals surface area contributed by atoms with Crippen molar-refractivity contribution in [2.45, 2.75) is 18.9 Å². The van der Waals surface area contributed by atoms with Gasteiger partial charge in [0.25, 0.3) is 0 Å². The Hall–Kier alpha value is -0.610. The van der Waals surface area contributed by atoms with Gasteiger partial charge in [0.15, 0.2) is 0 Å². The highest BCUT2D eigenvalue weighted by molar-refractivity contribution is 5.80. The standard InChI is InChI=1S/C9H15NO3/c11-4-8-2-1-3-10(8)9(12)7-5-13-6-7/h7-8,11H,1-6H2. The van der Waals surface area contributed by atoms with Crippen molar-refractivity contribution < 1.29 is 14.6 Å². The first-order valence-electron chi connectivity index (χ1n) is 4.82. The summed E-state index contributed by atoms with van der Waals surface area (Å²) >= 11 is 0. The largest absolute Gasteiger partial charge is 0.394 e. The molecule has 2 heterocycles. The van der Waals surface area contributed by atoms with Gasteiger partial charge >= 0.3 is 0 Å². The van der Waals surface area contributed by atoms with E-state index in [0.717, 1.165) is 19.4 Å². The van der Waals surface area contributed by atoms with Crippen LogP contribution in [0.1, 0.15) is 12.8 Å². The van der Waals surface area contributed by atoms with Gasteiger partial charge in [-0.15, -0.1) is 0 Å².